The molecule has 0 saturated carbocycles. The van der Waals surface area contributed by atoms with Gasteiger partial charge in [-0.1, -0.05) is 13.0 Å². The number of nitrogens with zero attached hydrogens (tertiary/aromatic N) is 1. The van der Waals surface area contributed by atoms with Gasteiger partial charge in [0, 0.05) is 19.1 Å². The molecule has 0 amide bonds. The lowest BCUT2D eigenvalue weighted by molar-refractivity contribution is 0.0541. The van der Waals surface area contributed by atoms with Gasteiger partial charge in [0.25, 0.3) is 0 Å². The fourth-order valence-electron chi connectivity index (χ4n) is 2.11. The molecule has 1 rings (SSSR count). The van der Waals surface area contributed by atoms with Crippen LogP contribution in [-0.4, -0.2) is 19.9 Å². The Bertz CT molecular complexity index is 290. The molecule has 0 aromatic heterocycles. The van der Waals surface area contributed by atoms with Crippen LogP contribution >= 0.6 is 0 Å². The molecule has 0 N–H and O–H groups in total. The maximum atomic E-state index is 13.7. The lowest BCUT2D eigenvalue weighted by Crippen LogP contribution is -2.22. The van der Waals surface area contributed by atoms with Crippen LogP contribution in [0.3, 0.4) is 0 Å². The summed E-state index contributed by atoms with van der Waals surface area (Å²) in [6.45, 7) is 8.81. The Labute approximate surface area is 96.9 Å². The molecule has 90 valence electrons. The Balaban J connectivity index is 2.78. The molecule has 0 spiro atoms. The van der Waals surface area contributed by atoms with Crippen molar-refractivity contribution in [2.24, 2.45) is 16.8 Å². The minimum absolute atomic E-state index is 0.109. The van der Waals surface area contributed by atoms with E-state index < -0.39 is 0 Å². The van der Waals surface area contributed by atoms with E-state index in [0.29, 0.717) is 11.6 Å². The fraction of sp³-hybridized carbons (Fsp3) is 0.615. The highest BCUT2D eigenvalue weighted by molar-refractivity contribution is 5.33. The Kier molecular flexibility index (Phi) is 5.39. The summed E-state index contributed by atoms with van der Waals surface area (Å²) in [6, 6.07) is 0. The van der Waals surface area contributed by atoms with Crippen molar-refractivity contribution in [3.63, 3.8) is 0 Å². The third kappa shape index (κ3) is 3.27. The minimum Gasteiger partial charge on any atom is -0.381 e. The highest BCUT2D eigenvalue weighted by atomic mass is 19.1. The van der Waals surface area contributed by atoms with Gasteiger partial charge in [-0.05, 0) is 38.5 Å². The van der Waals surface area contributed by atoms with Gasteiger partial charge >= 0.3 is 0 Å². The van der Waals surface area contributed by atoms with Crippen LogP contribution in [0.5, 0.6) is 0 Å². The zero-order valence-corrected chi connectivity index (χ0v) is 10.1. The van der Waals surface area contributed by atoms with Crippen LogP contribution in [0.4, 0.5) is 4.39 Å². The molecule has 0 bridgehead atoms. The number of allylic oxidation sites excluding steroid dienone is 4. The topological polar surface area (TPSA) is 21.6 Å². The van der Waals surface area contributed by atoms with Gasteiger partial charge in [0.15, 0.2) is 0 Å². The molecule has 2 nitrogen and oxygen atoms in total. The molecule has 1 fully saturated rings. The van der Waals surface area contributed by atoms with Gasteiger partial charge in [0.1, 0.15) is 5.83 Å². The molecule has 0 aromatic rings. The van der Waals surface area contributed by atoms with E-state index >= 15 is 0 Å². The van der Waals surface area contributed by atoms with E-state index in [9.17, 15) is 4.39 Å². The zero-order chi connectivity index (χ0) is 12.0. The second kappa shape index (κ2) is 6.59. The smallest absolute Gasteiger partial charge is 0.144 e. The predicted octanol–water partition coefficient (Wildman–Crippen LogP) is 3.51. The summed E-state index contributed by atoms with van der Waals surface area (Å²) < 4.78 is 19.0. The molecule has 16 heavy (non-hydrogen) atoms. The molecule has 1 unspecified atom stereocenters. The van der Waals surface area contributed by atoms with Gasteiger partial charge in [-0.2, -0.15) is 0 Å². The van der Waals surface area contributed by atoms with E-state index in [1.165, 1.54) is 6.08 Å². The number of hydrogen-bond donors (Lipinski definition) is 0. The summed E-state index contributed by atoms with van der Waals surface area (Å²) in [5.41, 5.74) is 0.477. The highest BCUT2D eigenvalue weighted by Gasteiger charge is 2.24. The average molecular weight is 225 g/mol. The van der Waals surface area contributed by atoms with E-state index in [4.69, 9.17) is 4.74 Å². The number of ether oxygens (including phenoxy) is 1. The minimum atomic E-state index is -0.267. The number of rotatable bonds is 4. The normalized spacial score (nSPS) is 21.9. The Hall–Kier alpha value is -0.960. The third-order valence-corrected chi connectivity index (χ3v) is 3.13. The molecule has 0 radical (unpaired) electrons. The first kappa shape index (κ1) is 13.1. The first-order valence-electron chi connectivity index (χ1n) is 5.77. The molecule has 1 aliphatic heterocycles. The summed E-state index contributed by atoms with van der Waals surface area (Å²) in [4.78, 5) is 3.84. The summed E-state index contributed by atoms with van der Waals surface area (Å²) >= 11 is 0. The summed E-state index contributed by atoms with van der Waals surface area (Å²) in [6.07, 6.45) is 5.07. The van der Waals surface area contributed by atoms with Gasteiger partial charge in [-0.3, -0.25) is 4.99 Å². The van der Waals surface area contributed by atoms with Crippen LogP contribution in [0.1, 0.15) is 26.7 Å². The fourth-order valence-corrected chi connectivity index (χ4v) is 2.11. The first-order valence-corrected chi connectivity index (χ1v) is 5.77. The van der Waals surface area contributed by atoms with Crippen molar-refractivity contribution in [1.82, 2.24) is 0 Å². The summed E-state index contributed by atoms with van der Waals surface area (Å²) in [5, 5.41) is 0. The third-order valence-electron chi connectivity index (χ3n) is 3.13. The van der Waals surface area contributed by atoms with Crippen molar-refractivity contribution >= 4 is 6.72 Å². The summed E-state index contributed by atoms with van der Waals surface area (Å²) in [7, 11) is 0. The van der Waals surface area contributed by atoms with E-state index in [1.807, 2.05) is 6.92 Å². The van der Waals surface area contributed by atoms with E-state index in [2.05, 4.69) is 11.7 Å². The van der Waals surface area contributed by atoms with Crippen molar-refractivity contribution in [1.29, 1.82) is 0 Å². The highest BCUT2D eigenvalue weighted by Crippen LogP contribution is 2.31. The molecular formula is C13H20FNO. The SMILES string of the molecule is C=N/C(=C(F)\C=C/C)C(C)C1CCOCC1. The number of aliphatic imine (C=N–C) groups is 1. The molecule has 0 aromatic carbocycles. The van der Waals surface area contributed by atoms with E-state index in [-0.39, 0.29) is 11.7 Å². The first-order chi connectivity index (χ1) is 7.70. The molecule has 1 heterocycles. The lowest BCUT2D eigenvalue weighted by Gasteiger charge is -2.27. The molecule has 3 heteroatoms. The van der Waals surface area contributed by atoms with Crippen LogP contribution < -0.4 is 0 Å². The average Bonchev–Trinajstić information content (AvgIpc) is 2.31. The monoisotopic (exact) mass is 225 g/mol. The van der Waals surface area contributed by atoms with Crippen molar-refractivity contribution in [3.05, 3.63) is 23.7 Å². The maximum absolute atomic E-state index is 13.7. The predicted molar refractivity (Wildman–Crippen MR) is 65.2 cm³/mol. The van der Waals surface area contributed by atoms with Crippen molar-refractivity contribution in [2.75, 3.05) is 13.2 Å². The quantitative estimate of drug-likeness (QED) is 0.530. The van der Waals surface area contributed by atoms with Crippen molar-refractivity contribution in [2.45, 2.75) is 26.7 Å². The van der Waals surface area contributed by atoms with Crippen LogP contribution in [0, 0.1) is 11.8 Å². The van der Waals surface area contributed by atoms with Crippen LogP contribution in [0.15, 0.2) is 28.7 Å². The molecule has 1 atom stereocenters. The lowest BCUT2D eigenvalue weighted by atomic mass is 9.85. The van der Waals surface area contributed by atoms with Crippen molar-refractivity contribution in [3.8, 4) is 0 Å². The second-order valence-electron chi connectivity index (χ2n) is 4.13. The zero-order valence-electron chi connectivity index (χ0n) is 10.1. The second-order valence-corrected chi connectivity index (χ2v) is 4.13. The number of halogens is 1. The van der Waals surface area contributed by atoms with Gasteiger partial charge in [0.05, 0.1) is 5.70 Å². The van der Waals surface area contributed by atoms with Crippen molar-refractivity contribution < 1.29 is 9.13 Å². The van der Waals surface area contributed by atoms with Gasteiger partial charge < -0.3 is 4.74 Å². The Morgan fingerprint density at radius 1 is 1.50 bits per heavy atom. The standard InChI is InChI=1S/C13H20FNO/c1-4-5-12(14)13(15-3)10(2)11-6-8-16-9-7-11/h4-5,10-11H,3,6-9H2,1-2H3/b5-4-,13-12+. The van der Waals surface area contributed by atoms with Gasteiger partial charge in [-0.25, -0.2) is 4.39 Å². The maximum Gasteiger partial charge on any atom is 0.144 e. The number of hydrogen-bond acceptors (Lipinski definition) is 2. The van der Waals surface area contributed by atoms with Gasteiger partial charge in [0.2, 0.25) is 0 Å². The molecular weight excluding hydrogens is 205 g/mol. The summed E-state index contributed by atoms with van der Waals surface area (Å²) in [5.74, 6) is 0.291. The largest absolute Gasteiger partial charge is 0.381 e. The van der Waals surface area contributed by atoms with Crippen LogP contribution in [0.2, 0.25) is 0 Å². The molecule has 1 aliphatic rings. The molecule has 1 saturated heterocycles. The van der Waals surface area contributed by atoms with Crippen LogP contribution in [0.25, 0.3) is 0 Å². The van der Waals surface area contributed by atoms with E-state index in [0.717, 1.165) is 26.1 Å². The molecule has 0 aliphatic carbocycles. The Morgan fingerprint density at radius 2 is 2.12 bits per heavy atom. The van der Waals surface area contributed by atoms with E-state index in [1.54, 1.807) is 13.0 Å². The van der Waals surface area contributed by atoms with Crippen LogP contribution in [-0.2, 0) is 4.74 Å². The Morgan fingerprint density at radius 3 is 2.62 bits per heavy atom. The van der Waals surface area contributed by atoms with Gasteiger partial charge in [-0.15, -0.1) is 0 Å².